The molecule has 0 aromatic heterocycles. The van der Waals surface area contributed by atoms with Crippen LogP contribution in [-0.2, 0) is 0 Å². The van der Waals surface area contributed by atoms with Gasteiger partial charge in [0, 0.05) is 31.4 Å². The number of hydrogen-bond donors (Lipinski definition) is 2. The molecule has 1 aliphatic rings. The van der Waals surface area contributed by atoms with Crippen LogP contribution in [0.1, 0.15) is 19.3 Å². The third-order valence-electron chi connectivity index (χ3n) is 3.69. The number of ether oxygens (including phenoxy) is 3. The van der Waals surface area contributed by atoms with Crippen LogP contribution in [0, 0.1) is 5.92 Å². The number of nitrogens with one attached hydrogen (secondary N) is 2. The molecular formula is C16H25N3O3. The number of nitrogens with zero attached hydrogens (tertiary/aromatic N) is 1. The van der Waals surface area contributed by atoms with Gasteiger partial charge in [0.25, 0.3) is 0 Å². The standard InChI is InChI=1S/C16H25N3O3/c1-17-16(18-8-7-11-5-6-11)19-12-9-13(20-2)15(22-4)14(10-12)21-3/h9-11H,5-8H2,1-4H3,(H2,17,18,19). The Morgan fingerprint density at radius 2 is 1.77 bits per heavy atom. The summed E-state index contributed by atoms with van der Waals surface area (Å²) in [6, 6.07) is 3.71. The molecule has 2 N–H and O–H groups in total. The molecule has 6 nitrogen and oxygen atoms in total. The monoisotopic (exact) mass is 307 g/mol. The molecule has 2 rings (SSSR count). The summed E-state index contributed by atoms with van der Waals surface area (Å²) >= 11 is 0. The van der Waals surface area contributed by atoms with Crippen LogP contribution in [0.3, 0.4) is 0 Å². The number of hydrogen-bond acceptors (Lipinski definition) is 4. The SMILES string of the molecule is CN=C(NCCC1CC1)Nc1cc(OC)c(OC)c(OC)c1. The fourth-order valence-electron chi connectivity index (χ4n) is 2.27. The Morgan fingerprint density at radius 3 is 2.23 bits per heavy atom. The van der Waals surface area contributed by atoms with E-state index in [0.29, 0.717) is 17.2 Å². The van der Waals surface area contributed by atoms with Crippen molar-refractivity contribution in [2.24, 2.45) is 10.9 Å². The van der Waals surface area contributed by atoms with Crippen molar-refractivity contribution in [2.45, 2.75) is 19.3 Å². The fraction of sp³-hybridized carbons (Fsp3) is 0.562. The molecule has 1 saturated carbocycles. The van der Waals surface area contributed by atoms with Gasteiger partial charge in [-0.2, -0.15) is 0 Å². The van der Waals surface area contributed by atoms with Crippen molar-refractivity contribution in [3.05, 3.63) is 12.1 Å². The summed E-state index contributed by atoms with van der Waals surface area (Å²) in [5.41, 5.74) is 0.828. The molecule has 22 heavy (non-hydrogen) atoms. The molecule has 6 heteroatoms. The Labute approximate surface area is 131 Å². The first-order chi connectivity index (χ1) is 10.7. The fourth-order valence-corrected chi connectivity index (χ4v) is 2.27. The zero-order valence-electron chi connectivity index (χ0n) is 13.7. The molecule has 0 spiro atoms. The Balaban J connectivity index is 2.05. The summed E-state index contributed by atoms with van der Waals surface area (Å²) in [6.45, 7) is 0.925. The summed E-state index contributed by atoms with van der Waals surface area (Å²) in [4.78, 5) is 4.24. The lowest BCUT2D eigenvalue weighted by Crippen LogP contribution is -2.31. The van der Waals surface area contributed by atoms with Crippen molar-refractivity contribution in [3.8, 4) is 17.2 Å². The second-order valence-corrected chi connectivity index (χ2v) is 5.27. The maximum absolute atomic E-state index is 5.35. The van der Waals surface area contributed by atoms with Gasteiger partial charge in [0.15, 0.2) is 17.5 Å². The summed E-state index contributed by atoms with van der Waals surface area (Å²) < 4.78 is 16.0. The van der Waals surface area contributed by atoms with E-state index in [1.54, 1.807) is 28.4 Å². The molecule has 0 unspecified atom stereocenters. The number of methoxy groups -OCH3 is 3. The second-order valence-electron chi connectivity index (χ2n) is 5.27. The van der Waals surface area contributed by atoms with Gasteiger partial charge in [-0.25, -0.2) is 0 Å². The van der Waals surface area contributed by atoms with Crippen LogP contribution in [0.5, 0.6) is 17.2 Å². The first-order valence-corrected chi connectivity index (χ1v) is 7.49. The molecule has 1 aromatic rings. The molecule has 122 valence electrons. The summed E-state index contributed by atoms with van der Waals surface area (Å²) in [5, 5.41) is 6.57. The predicted molar refractivity (Wildman–Crippen MR) is 88.4 cm³/mol. The maximum Gasteiger partial charge on any atom is 0.203 e. The molecule has 0 aliphatic heterocycles. The third kappa shape index (κ3) is 4.19. The lowest BCUT2D eigenvalue weighted by molar-refractivity contribution is 0.324. The highest BCUT2D eigenvalue weighted by molar-refractivity contribution is 5.94. The lowest BCUT2D eigenvalue weighted by Gasteiger charge is -2.16. The molecule has 0 saturated heterocycles. The normalized spacial score (nSPS) is 14.5. The molecule has 0 bridgehead atoms. The summed E-state index contributed by atoms with van der Waals surface area (Å²) in [6.07, 6.45) is 3.91. The zero-order valence-corrected chi connectivity index (χ0v) is 13.7. The van der Waals surface area contributed by atoms with Crippen molar-refractivity contribution < 1.29 is 14.2 Å². The van der Waals surface area contributed by atoms with Gasteiger partial charge in [-0.15, -0.1) is 0 Å². The van der Waals surface area contributed by atoms with Gasteiger partial charge in [0.05, 0.1) is 21.3 Å². The van der Waals surface area contributed by atoms with E-state index in [1.807, 2.05) is 12.1 Å². The molecule has 1 aliphatic carbocycles. The summed E-state index contributed by atoms with van der Waals surface area (Å²) in [5.74, 6) is 3.42. The number of anilines is 1. The van der Waals surface area contributed by atoms with E-state index in [-0.39, 0.29) is 0 Å². The van der Waals surface area contributed by atoms with E-state index in [2.05, 4.69) is 15.6 Å². The van der Waals surface area contributed by atoms with E-state index in [0.717, 1.165) is 24.1 Å². The zero-order chi connectivity index (χ0) is 15.9. The quantitative estimate of drug-likeness (QED) is 0.598. The third-order valence-corrected chi connectivity index (χ3v) is 3.69. The number of benzene rings is 1. The Kier molecular flexibility index (Phi) is 5.75. The lowest BCUT2D eigenvalue weighted by atomic mass is 10.2. The number of guanidine groups is 1. The van der Waals surface area contributed by atoms with Gasteiger partial charge in [0.1, 0.15) is 0 Å². The first-order valence-electron chi connectivity index (χ1n) is 7.49. The maximum atomic E-state index is 5.35. The number of rotatable bonds is 7. The topological polar surface area (TPSA) is 64.1 Å². The minimum absolute atomic E-state index is 0.576. The first kappa shape index (κ1) is 16.3. The summed E-state index contributed by atoms with van der Waals surface area (Å²) in [7, 11) is 6.55. The van der Waals surface area contributed by atoms with Crippen molar-refractivity contribution in [2.75, 3.05) is 40.2 Å². The molecule has 1 aromatic carbocycles. The average Bonchev–Trinajstić information content (AvgIpc) is 3.37. The highest BCUT2D eigenvalue weighted by atomic mass is 16.5. The Bertz CT molecular complexity index is 502. The van der Waals surface area contributed by atoms with Gasteiger partial charge in [-0.1, -0.05) is 12.8 Å². The van der Waals surface area contributed by atoms with Crippen LogP contribution in [0.4, 0.5) is 5.69 Å². The largest absolute Gasteiger partial charge is 0.493 e. The highest BCUT2D eigenvalue weighted by Gasteiger charge is 2.20. The predicted octanol–water partition coefficient (Wildman–Crippen LogP) is 2.50. The molecule has 0 radical (unpaired) electrons. The van der Waals surface area contributed by atoms with E-state index >= 15 is 0 Å². The van der Waals surface area contributed by atoms with E-state index in [4.69, 9.17) is 14.2 Å². The van der Waals surface area contributed by atoms with Crippen molar-refractivity contribution in [1.82, 2.24) is 5.32 Å². The Hall–Kier alpha value is -2.11. The smallest absolute Gasteiger partial charge is 0.203 e. The van der Waals surface area contributed by atoms with Crippen LogP contribution in [0.15, 0.2) is 17.1 Å². The average molecular weight is 307 g/mol. The number of aliphatic imine (C=N–C) groups is 1. The minimum Gasteiger partial charge on any atom is -0.493 e. The van der Waals surface area contributed by atoms with Crippen LogP contribution in [0.25, 0.3) is 0 Å². The molecule has 0 atom stereocenters. The van der Waals surface area contributed by atoms with Crippen molar-refractivity contribution in [1.29, 1.82) is 0 Å². The van der Waals surface area contributed by atoms with E-state index in [1.165, 1.54) is 19.3 Å². The van der Waals surface area contributed by atoms with Crippen molar-refractivity contribution >= 4 is 11.6 Å². The second kappa shape index (κ2) is 7.77. The van der Waals surface area contributed by atoms with Gasteiger partial charge < -0.3 is 24.8 Å². The highest BCUT2D eigenvalue weighted by Crippen LogP contribution is 2.39. The molecule has 1 fully saturated rings. The molecule has 0 amide bonds. The van der Waals surface area contributed by atoms with E-state index < -0.39 is 0 Å². The van der Waals surface area contributed by atoms with Gasteiger partial charge in [0.2, 0.25) is 5.75 Å². The Morgan fingerprint density at radius 1 is 1.14 bits per heavy atom. The van der Waals surface area contributed by atoms with Gasteiger partial charge in [-0.3, -0.25) is 4.99 Å². The van der Waals surface area contributed by atoms with Gasteiger partial charge in [-0.05, 0) is 12.3 Å². The van der Waals surface area contributed by atoms with E-state index in [9.17, 15) is 0 Å². The minimum atomic E-state index is 0.576. The van der Waals surface area contributed by atoms with Crippen LogP contribution in [-0.4, -0.2) is 40.9 Å². The molecule has 0 heterocycles. The van der Waals surface area contributed by atoms with Crippen LogP contribution in [0.2, 0.25) is 0 Å². The van der Waals surface area contributed by atoms with Gasteiger partial charge >= 0.3 is 0 Å². The molecular weight excluding hydrogens is 282 g/mol. The van der Waals surface area contributed by atoms with Crippen molar-refractivity contribution in [3.63, 3.8) is 0 Å². The van der Waals surface area contributed by atoms with Crippen LogP contribution < -0.4 is 24.8 Å². The van der Waals surface area contributed by atoms with Crippen LogP contribution >= 0.6 is 0 Å².